The van der Waals surface area contributed by atoms with Crippen LogP contribution >= 0.6 is 0 Å². The first kappa shape index (κ1) is 9.88. The lowest BCUT2D eigenvalue weighted by Gasteiger charge is -2.11. The summed E-state index contributed by atoms with van der Waals surface area (Å²) in [4.78, 5) is 15.5. The molecule has 11 heavy (non-hydrogen) atoms. The number of nitrogens with one attached hydrogen (secondary N) is 1. The molecule has 0 saturated heterocycles. The Hall–Kier alpha value is -1.12. The second-order valence-corrected chi connectivity index (χ2v) is 1.90. The maximum atomic E-state index is 10.8. The van der Waals surface area contributed by atoms with Crippen LogP contribution in [0.15, 0.2) is 0 Å². The van der Waals surface area contributed by atoms with Gasteiger partial charge in [-0.3, -0.25) is 4.79 Å². The Morgan fingerprint density at radius 1 is 1.82 bits per heavy atom. The molecule has 62 valence electrons. The van der Waals surface area contributed by atoms with Crippen molar-refractivity contribution in [2.45, 2.75) is 0 Å². The monoisotopic (exact) mass is 157 g/mol. The third-order valence-corrected chi connectivity index (χ3v) is 1.04. The van der Waals surface area contributed by atoms with Gasteiger partial charge in [0, 0.05) is 7.05 Å². The first-order valence-corrected chi connectivity index (χ1v) is 3.09. The van der Waals surface area contributed by atoms with Crippen molar-refractivity contribution in [2.24, 2.45) is 0 Å². The number of hydrogen-bond donors (Lipinski definition) is 1. The summed E-state index contributed by atoms with van der Waals surface area (Å²) in [6, 6.07) is 1.80. The summed E-state index contributed by atoms with van der Waals surface area (Å²) in [5.41, 5.74) is 0. The Bertz CT molecular complexity index is 164. The van der Waals surface area contributed by atoms with Crippen LogP contribution in [0.5, 0.6) is 0 Å². The lowest BCUT2D eigenvalue weighted by molar-refractivity contribution is -0.141. The Labute approximate surface area is 65.5 Å². The highest BCUT2D eigenvalue weighted by atomic mass is 16.7. The van der Waals surface area contributed by atoms with Crippen molar-refractivity contribution in [3.05, 3.63) is 0 Å². The van der Waals surface area contributed by atoms with Crippen LogP contribution in [0.4, 0.5) is 0 Å². The maximum Gasteiger partial charge on any atom is 0.237 e. The van der Waals surface area contributed by atoms with Crippen molar-refractivity contribution in [3.8, 4) is 6.07 Å². The molecule has 0 aromatic carbocycles. The zero-order chi connectivity index (χ0) is 8.69. The summed E-state index contributed by atoms with van der Waals surface area (Å²) in [5.74, 6) is -0.226. The molecule has 0 radical (unpaired) electrons. The quantitative estimate of drug-likeness (QED) is 0.425. The van der Waals surface area contributed by atoms with Crippen molar-refractivity contribution in [1.82, 2.24) is 10.4 Å². The van der Waals surface area contributed by atoms with E-state index in [1.54, 1.807) is 13.1 Å². The summed E-state index contributed by atoms with van der Waals surface area (Å²) in [7, 11) is 3.10. The second-order valence-electron chi connectivity index (χ2n) is 1.90. The van der Waals surface area contributed by atoms with Crippen LogP contribution in [-0.2, 0) is 9.63 Å². The molecule has 0 fully saturated rings. The van der Waals surface area contributed by atoms with E-state index >= 15 is 0 Å². The van der Waals surface area contributed by atoms with Gasteiger partial charge in [0.05, 0.1) is 13.2 Å². The van der Waals surface area contributed by atoms with E-state index in [1.807, 2.05) is 0 Å². The molecular weight excluding hydrogens is 146 g/mol. The molecule has 5 nitrogen and oxygen atoms in total. The van der Waals surface area contributed by atoms with E-state index in [-0.39, 0.29) is 19.0 Å². The van der Waals surface area contributed by atoms with Gasteiger partial charge in [0.15, 0.2) is 0 Å². The molecule has 0 aliphatic rings. The first-order chi connectivity index (χ1) is 5.20. The van der Waals surface area contributed by atoms with Gasteiger partial charge in [-0.1, -0.05) is 0 Å². The lowest BCUT2D eigenvalue weighted by Crippen LogP contribution is -2.34. The SMILES string of the molecule is CON(C)CC(=O)NCC#N. The highest BCUT2D eigenvalue weighted by Crippen LogP contribution is 1.79. The van der Waals surface area contributed by atoms with Gasteiger partial charge in [0.25, 0.3) is 0 Å². The predicted octanol–water partition coefficient (Wildman–Crippen LogP) is -0.881. The van der Waals surface area contributed by atoms with Crippen LogP contribution < -0.4 is 5.32 Å². The van der Waals surface area contributed by atoms with Crippen LogP contribution in [0.3, 0.4) is 0 Å². The third kappa shape index (κ3) is 5.33. The summed E-state index contributed by atoms with van der Waals surface area (Å²) >= 11 is 0. The average Bonchev–Trinajstić information content (AvgIpc) is 2.00. The number of nitrogens with zero attached hydrogens (tertiary/aromatic N) is 2. The number of nitriles is 1. The van der Waals surface area contributed by atoms with Gasteiger partial charge in [-0.15, -0.1) is 0 Å². The minimum atomic E-state index is -0.226. The Kier molecular flexibility index (Phi) is 5.07. The van der Waals surface area contributed by atoms with Gasteiger partial charge in [-0.05, 0) is 0 Å². The highest BCUT2D eigenvalue weighted by Gasteiger charge is 2.03. The zero-order valence-corrected chi connectivity index (χ0v) is 6.63. The Balaban J connectivity index is 3.45. The predicted molar refractivity (Wildman–Crippen MR) is 38.3 cm³/mol. The third-order valence-electron chi connectivity index (χ3n) is 1.04. The normalized spacial score (nSPS) is 9.27. The molecule has 5 heteroatoms. The van der Waals surface area contributed by atoms with Crippen molar-refractivity contribution >= 4 is 5.91 Å². The fraction of sp³-hybridized carbons (Fsp3) is 0.667. The standard InChI is InChI=1S/C6H11N3O2/c1-9(11-2)5-6(10)8-4-3-7/h4-5H2,1-2H3,(H,8,10). The molecule has 1 N–H and O–H groups in total. The molecule has 0 aromatic heterocycles. The summed E-state index contributed by atoms with van der Waals surface area (Å²) in [6.07, 6.45) is 0. The number of rotatable bonds is 4. The molecule has 0 heterocycles. The van der Waals surface area contributed by atoms with Crippen LogP contribution in [0.25, 0.3) is 0 Å². The number of carbonyl (C=O) groups excluding carboxylic acids is 1. The number of hydroxylamine groups is 2. The molecule has 0 spiro atoms. The molecule has 0 aliphatic carbocycles. The van der Waals surface area contributed by atoms with Crippen molar-refractivity contribution in [3.63, 3.8) is 0 Å². The molecule has 0 bridgehead atoms. The minimum Gasteiger partial charge on any atom is -0.342 e. The van der Waals surface area contributed by atoms with Gasteiger partial charge < -0.3 is 10.2 Å². The number of hydrogen-bond acceptors (Lipinski definition) is 4. The van der Waals surface area contributed by atoms with Crippen LogP contribution in [-0.4, -0.2) is 38.2 Å². The summed E-state index contributed by atoms with van der Waals surface area (Å²) in [6.45, 7) is 0.175. The smallest absolute Gasteiger partial charge is 0.237 e. The van der Waals surface area contributed by atoms with Gasteiger partial charge in [-0.25, -0.2) is 0 Å². The van der Waals surface area contributed by atoms with E-state index < -0.39 is 0 Å². The number of amides is 1. The van der Waals surface area contributed by atoms with Crippen molar-refractivity contribution in [2.75, 3.05) is 27.2 Å². The Morgan fingerprint density at radius 2 is 2.45 bits per heavy atom. The second kappa shape index (κ2) is 5.65. The fourth-order valence-electron chi connectivity index (χ4n) is 0.461. The van der Waals surface area contributed by atoms with E-state index in [4.69, 9.17) is 10.1 Å². The van der Waals surface area contributed by atoms with E-state index in [1.165, 1.54) is 12.2 Å². The fourth-order valence-corrected chi connectivity index (χ4v) is 0.461. The van der Waals surface area contributed by atoms with E-state index in [0.29, 0.717) is 0 Å². The van der Waals surface area contributed by atoms with Crippen LogP contribution in [0.2, 0.25) is 0 Å². The van der Waals surface area contributed by atoms with E-state index in [0.717, 1.165) is 0 Å². The Morgan fingerprint density at radius 3 is 2.91 bits per heavy atom. The molecule has 0 aliphatic heterocycles. The topological polar surface area (TPSA) is 65.4 Å². The van der Waals surface area contributed by atoms with Gasteiger partial charge in [0.2, 0.25) is 5.91 Å². The zero-order valence-electron chi connectivity index (χ0n) is 6.63. The lowest BCUT2D eigenvalue weighted by atomic mass is 10.5. The summed E-state index contributed by atoms with van der Waals surface area (Å²) in [5, 5.41) is 11.8. The molecule has 0 unspecified atom stereocenters. The average molecular weight is 157 g/mol. The van der Waals surface area contributed by atoms with Crippen molar-refractivity contribution in [1.29, 1.82) is 5.26 Å². The summed E-state index contributed by atoms with van der Waals surface area (Å²) < 4.78 is 0. The first-order valence-electron chi connectivity index (χ1n) is 3.09. The largest absolute Gasteiger partial charge is 0.342 e. The highest BCUT2D eigenvalue weighted by molar-refractivity contribution is 5.77. The molecule has 0 aromatic rings. The molecule has 0 rings (SSSR count). The number of likely N-dealkylation sites (N-methyl/N-ethyl adjacent to an activating group) is 1. The molecular formula is C6H11N3O2. The van der Waals surface area contributed by atoms with E-state index in [2.05, 4.69) is 5.32 Å². The molecule has 0 atom stereocenters. The molecule has 0 saturated carbocycles. The van der Waals surface area contributed by atoms with Gasteiger partial charge >= 0.3 is 0 Å². The van der Waals surface area contributed by atoms with Gasteiger partial charge in [0.1, 0.15) is 13.1 Å². The molecule has 1 amide bonds. The van der Waals surface area contributed by atoms with Gasteiger partial charge in [-0.2, -0.15) is 10.3 Å². The maximum absolute atomic E-state index is 10.8. The van der Waals surface area contributed by atoms with Crippen LogP contribution in [0, 0.1) is 11.3 Å². The number of carbonyl (C=O) groups is 1. The van der Waals surface area contributed by atoms with Crippen LogP contribution in [0.1, 0.15) is 0 Å². The van der Waals surface area contributed by atoms with E-state index in [9.17, 15) is 4.79 Å². The minimum absolute atomic E-state index is 0.0381. The van der Waals surface area contributed by atoms with Crippen molar-refractivity contribution < 1.29 is 9.63 Å².